The Morgan fingerprint density at radius 1 is 1.67 bits per heavy atom. The molecule has 0 radical (unpaired) electrons. The van der Waals surface area contributed by atoms with Crippen LogP contribution in [0.4, 0.5) is 0 Å². The maximum Gasteiger partial charge on any atom is 0.306 e. The first-order chi connectivity index (χ1) is 8.67. The smallest absolute Gasteiger partial charge is 0.306 e. The van der Waals surface area contributed by atoms with E-state index in [0.717, 1.165) is 12.1 Å². The van der Waals surface area contributed by atoms with Gasteiger partial charge in [-0.15, -0.1) is 0 Å². The molecule has 1 aliphatic rings. The molecule has 1 heterocycles. The Hall–Kier alpha value is -1.36. The minimum absolute atomic E-state index is 0.00875. The highest BCUT2D eigenvalue weighted by Gasteiger charge is 2.31. The van der Waals surface area contributed by atoms with Crippen LogP contribution in [0.1, 0.15) is 50.3 Å². The second-order valence-electron chi connectivity index (χ2n) is 4.92. The maximum atomic E-state index is 11.5. The molecule has 5 nitrogen and oxygen atoms in total. The summed E-state index contributed by atoms with van der Waals surface area (Å²) in [6.45, 7) is 2.03. The highest BCUT2D eigenvalue weighted by atomic mass is 16.5. The number of methoxy groups -OCH3 is 1. The van der Waals surface area contributed by atoms with Crippen molar-refractivity contribution in [1.29, 1.82) is 0 Å². The molecule has 2 rings (SSSR count). The van der Waals surface area contributed by atoms with Crippen molar-refractivity contribution in [3.05, 3.63) is 18.2 Å². The van der Waals surface area contributed by atoms with Crippen LogP contribution in [0.25, 0.3) is 0 Å². The van der Waals surface area contributed by atoms with Gasteiger partial charge in [-0.05, 0) is 19.3 Å². The van der Waals surface area contributed by atoms with E-state index in [2.05, 4.69) is 9.55 Å². The molecule has 0 bridgehead atoms. The van der Waals surface area contributed by atoms with Gasteiger partial charge < -0.3 is 15.0 Å². The number of ether oxygens (including phenoxy) is 1. The number of hydrogen-bond donors (Lipinski definition) is 1. The standard InChI is InChI=1S/C13H21N3O2/c1-3-11(14)10(6-13(17)18-2)12-7-15-8-16(12)9-4-5-9/h7-11H,3-6,14H2,1-2H3. The fourth-order valence-corrected chi connectivity index (χ4v) is 2.28. The van der Waals surface area contributed by atoms with Crippen LogP contribution in [0.3, 0.4) is 0 Å². The molecule has 100 valence electrons. The lowest BCUT2D eigenvalue weighted by Crippen LogP contribution is -2.31. The summed E-state index contributed by atoms with van der Waals surface area (Å²) in [5, 5.41) is 0. The first kappa shape index (κ1) is 13.1. The number of hydrogen-bond acceptors (Lipinski definition) is 4. The number of aromatic nitrogens is 2. The van der Waals surface area contributed by atoms with Crippen LogP contribution >= 0.6 is 0 Å². The molecule has 1 aliphatic carbocycles. The van der Waals surface area contributed by atoms with E-state index in [1.807, 2.05) is 19.4 Å². The largest absolute Gasteiger partial charge is 0.469 e. The molecule has 5 heteroatoms. The van der Waals surface area contributed by atoms with Gasteiger partial charge in [0.15, 0.2) is 0 Å². The zero-order chi connectivity index (χ0) is 13.1. The van der Waals surface area contributed by atoms with Crippen LogP contribution in [0.2, 0.25) is 0 Å². The van der Waals surface area contributed by atoms with E-state index >= 15 is 0 Å². The van der Waals surface area contributed by atoms with Gasteiger partial charge in [-0.3, -0.25) is 4.79 Å². The lowest BCUT2D eigenvalue weighted by molar-refractivity contribution is -0.141. The first-order valence-electron chi connectivity index (χ1n) is 6.51. The second-order valence-corrected chi connectivity index (χ2v) is 4.92. The van der Waals surface area contributed by atoms with Gasteiger partial charge in [0.2, 0.25) is 0 Å². The predicted molar refractivity (Wildman–Crippen MR) is 68.1 cm³/mol. The number of nitrogens with two attached hydrogens (primary N) is 1. The summed E-state index contributed by atoms with van der Waals surface area (Å²) in [7, 11) is 1.41. The van der Waals surface area contributed by atoms with Gasteiger partial charge >= 0.3 is 5.97 Å². The third-order valence-electron chi connectivity index (χ3n) is 3.62. The zero-order valence-electron chi connectivity index (χ0n) is 11.0. The molecular weight excluding hydrogens is 230 g/mol. The molecule has 0 aromatic carbocycles. The van der Waals surface area contributed by atoms with Crippen LogP contribution in [0.15, 0.2) is 12.5 Å². The molecule has 0 spiro atoms. The van der Waals surface area contributed by atoms with Crippen molar-refractivity contribution in [2.24, 2.45) is 5.73 Å². The van der Waals surface area contributed by atoms with Crippen molar-refractivity contribution < 1.29 is 9.53 Å². The SMILES string of the molecule is CCC(N)C(CC(=O)OC)c1cncn1C1CC1. The summed E-state index contributed by atoms with van der Waals surface area (Å²) in [5.41, 5.74) is 7.22. The Balaban J connectivity index is 2.21. The van der Waals surface area contributed by atoms with Crippen LogP contribution in [-0.4, -0.2) is 28.7 Å². The van der Waals surface area contributed by atoms with Gasteiger partial charge in [-0.2, -0.15) is 0 Å². The van der Waals surface area contributed by atoms with Crippen molar-refractivity contribution in [1.82, 2.24) is 9.55 Å². The monoisotopic (exact) mass is 251 g/mol. The average Bonchev–Trinajstić information content (AvgIpc) is 3.13. The van der Waals surface area contributed by atoms with Crippen molar-refractivity contribution in [2.45, 2.75) is 50.6 Å². The third kappa shape index (κ3) is 2.72. The van der Waals surface area contributed by atoms with Gasteiger partial charge in [0.05, 0.1) is 19.9 Å². The third-order valence-corrected chi connectivity index (χ3v) is 3.62. The van der Waals surface area contributed by atoms with Crippen molar-refractivity contribution in [3.8, 4) is 0 Å². The lowest BCUT2D eigenvalue weighted by Gasteiger charge is -2.23. The Bertz CT molecular complexity index is 412. The number of nitrogens with zero attached hydrogens (tertiary/aromatic N) is 2. The molecule has 2 atom stereocenters. The van der Waals surface area contributed by atoms with E-state index in [9.17, 15) is 4.79 Å². The number of carbonyl (C=O) groups is 1. The van der Waals surface area contributed by atoms with Crippen LogP contribution in [0.5, 0.6) is 0 Å². The lowest BCUT2D eigenvalue weighted by atomic mass is 9.91. The minimum atomic E-state index is -0.215. The minimum Gasteiger partial charge on any atom is -0.469 e. The molecule has 1 aromatic rings. The molecule has 0 amide bonds. The Morgan fingerprint density at radius 2 is 2.39 bits per heavy atom. The maximum absolute atomic E-state index is 11.5. The first-order valence-corrected chi connectivity index (χ1v) is 6.51. The highest BCUT2D eigenvalue weighted by molar-refractivity contribution is 5.70. The summed E-state index contributed by atoms with van der Waals surface area (Å²) in [5.74, 6) is -0.224. The average molecular weight is 251 g/mol. The van der Waals surface area contributed by atoms with Crippen molar-refractivity contribution >= 4 is 5.97 Å². The topological polar surface area (TPSA) is 70.1 Å². The number of imidazole rings is 1. The molecule has 2 unspecified atom stereocenters. The fourth-order valence-electron chi connectivity index (χ4n) is 2.28. The summed E-state index contributed by atoms with van der Waals surface area (Å²) >= 11 is 0. The summed E-state index contributed by atoms with van der Waals surface area (Å²) in [4.78, 5) is 15.7. The van der Waals surface area contributed by atoms with Crippen LogP contribution in [-0.2, 0) is 9.53 Å². The Kier molecular flexibility index (Phi) is 4.01. The van der Waals surface area contributed by atoms with E-state index in [4.69, 9.17) is 10.5 Å². The Labute approximate surface area is 107 Å². The van der Waals surface area contributed by atoms with E-state index in [1.54, 1.807) is 0 Å². The number of esters is 1. The summed E-state index contributed by atoms with van der Waals surface area (Å²) in [6, 6.07) is 0.505. The molecule has 2 N–H and O–H groups in total. The normalized spacial score (nSPS) is 18.4. The number of carbonyl (C=O) groups excluding carboxylic acids is 1. The van der Waals surface area contributed by atoms with Gasteiger partial charge in [0.1, 0.15) is 0 Å². The van der Waals surface area contributed by atoms with Gasteiger partial charge in [0.25, 0.3) is 0 Å². The van der Waals surface area contributed by atoms with E-state index < -0.39 is 0 Å². The highest BCUT2D eigenvalue weighted by Crippen LogP contribution is 2.38. The second kappa shape index (κ2) is 5.52. The van der Waals surface area contributed by atoms with Gasteiger partial charge in [0, 0.05) is 29.9 Å². The van der Waals surface area contributed by atoms with Crippen LogP contribution in [0, 0.1) is 0 Å². The molecule has 18 heavy (non-hydrogen) atoms. The quantitative estimate of drug-likeness (QED) is 0.780. The molecule has 1 fully saturated rings. The summed E-state index contributed by atoms with van der Waals surface area (Å²) < 4.78 is 6.93. The zero-order valence-corrected chi connectivity index (χ0v) is 11.0. The van der Waals surface area contributed by atoms with E-state index in [-0.39, 0.29) is 17.9 Å². The number of rotatable bonds is 6. The van der Waals surface area contributed by atoms with E-state index in [1.165, 1.54) is 20.0 Å². The van der Waals surface area contributed by atoms with Crippen LogP contribution < -0.4 is 5.73 Å². The van der Waals surface area contributed by atoms with Gasteiger partial charge in [-0.1, -0.05) is 6.92 Å². The molecule has 1 aromatic heterocycles. The predicted octanol–water partition coefficient (Wildman–Crippen LogP) is 1.60. The van der Waals surface area contributed by atoms with Crippen molar-refractivity contribution in [3.63, 3.8) is 0 Å². The fraction of sp³-hybridized carbons (Fsp3) is 0.692. The van der Waals surface area contributed by atoms with E-state index in [0.29, 0.717) is 12.5 Å². The molecular formula is C13H21N3O2. The Morgan fingerprint density at radius 3 is 2.94 bits per heavy atom. The molecule has 1 saturated carbocycles. The molecule has 0 saturated heterocycles. The summed E-state index contributed by atoms with van der Waals surface area (Å²) in [6.07, 6.45) is 7.22. The van der Waals surface area contributed by atoms with Gasteiger partial charge in [-0.25, -0.2) is 4.98 Å². The van der Waals surface area contributed by atoms with Crippen molar-refractivity contribution in [2.75, 3.05) is 7.11 Å². The molecule has 0 aliphatic heterocycles.